The molecule has 1 aliphatic heterocycles. The summed E-state index contributed by atoms with van der Waals surface area (Å²) < 4.78 is 0. The van der Waals surface area contributed by atoms with Crippen LogP contribution < -0.4 is 4.90 Å². The third kappa shape index (κ3) is 2.76. The molecule has 0 saturated heterocycles. The number of hydrogen-bond donors (Lipinski definition) is 1. The van der Waals surface area contributed by atoms with Crippen molar-refractivity contribution in [3.8, 4) is 0 Å². The number of fused-ring (bicyclic) bond motifs is 1. The van der Waals surface area contributed by atoms with Crippen LogP contribution in [-0.4, -0.2) is 29.3 Å². The van der Waals surface area contributed by atoms with E-state index in [0.717, 1.165) is 16.3 Å². The van der Waals surface area contributed by atoms with Crippen molar-refractivity contribution in [2.75, 3.05) is 17.2 Å². The average Bonchev–Trinajstić information content (AvgIpc) is 2.44. The number of amides is 1. The van der Waals surface area contributed by atoms with E-state index in [1.165, 1.54) is 0 Å². The number of anilines is 1. The third-order valence-electron chi connectivity index (χ3n) is 3.52. The van der Waals surface area contributed by atoms with Crippen molar-refractivity contribution in [2.45, 2.75) is 18.7 Å². The van der Waals surface area contributed by atoms with Gasteiger partial charge in [-0.25, -0.2) is 0 Å². The SMILES string of the molecule is CC(C(=O)O)C(C)C(=O)N1CCSc2ccccc21. The lowest BCUT2D eigenvalue weighted by Gasteiger charge is -2.31. The lowest BCUT2D eigenvalue weighted by atomic mass is 9.94. The van der Waals surface area contributed by atoms with Crippen LogP contribution in [0.15, 0.2) is 29.2 Å². The molecular formula is C14H17NO3S. The summed E-state index contributed by atoms with van der Waals surface area (Å²) in [6, 6.07) is 7.75. The number of thioether (sulfide) groups is 1. The lowest BCUT2D eigenvalue weighted by Crippen LogP contribution is -2.42. The summed E-state index contributed by atoms with van der Waals surface area (Å²) in [5, 5.41) is 9.02. The van der Waals surface area contributed by atoms with Crippen LogP contribution in [0.4, 0.5) is 5.69 Å². The van der Waals surface area contributed by atoms with Crippen molar-refractivity contribution >= 4 is 29.3 Å². The maximum absolute atomic E-state index is 12.5. The first kappa shape index (κ1) is 13.9. The molecule has 0 bridgehead atoms. The zero-order valence-corrected chi connectivity index (χ0v) is 11.8. The number of carbonyl (C=O) groups excluding carboxylic acids is 1. The van der Waals surface area contributed by atoms with Gasteiger partial charge >= 0.3 is 5.97 Å². The summed E-state index contributed by atoms with van der Waals surface area (Å²) in [5.74, 6) is -1.39. The molecule has 1 aromatic carbocycles. The Morgan fingerprint density at radius 2 is 1.95 bits per heavy atom. The zero-order valence-electron chi connectivity index (χ0n) is 11.0. The van der Waals surface area contributed by atoms with E-state index in [9.17, 15) is 9.59 Å². The molecular weight excluding hydrogens is 262 g/mol. The predicted molar refractivity (Wildman–Crippen MR) is 75.5 cm³/mol. The molecule has 1 aromatic rings. The third-order valence-corrected chi connectivity index (χ3v) is 4.57. The van der Waals surface area contributed by atoms with Gasteiger partial charge in [0.1, 0.15) is 0 Å². The van der Waals surface area contributed by atoms with Crippen molar-refractivity contribution < 1.29 is 14.7 Å². The van der Waals surface area contributed by atoms with Crippen LogP contribution >= 0.6 is 11.8 Å². The Hall–Kier alpha value is -1.49. The quantitative estimate of drug-likeness (QED) is 0.923. The van der Waals surface area contributed by atoms with Crippen molar-refractivity contribution in [1.82, 2.24) is 0 Å². The van der Waals surface area contributed by atoms with E-state index >= 15 is 0 Å². The average molecular weight is 279 g/mol. The molecule has 0 spiro atoms. The normalized spacial score (nSPS) is 17.5. The number of para-hydroxylation sites is 1. The van der Waals surface area contributed by atoms with E-state index in [4.69, 9.17) is 5.11 Å². The Bertz CT molecular complexity index is 503. The maximum atomic E-state index is 12.5. The van der Waals surface area contributed by atoms with Gasteiger partial charge in [-0.15, -0.1) is 11.8 Å². The molecule has 5 heteroatoms. The fourth-order valence-electron chi connectivity index (χ4n) is 2.07. The van der Waals surface area contributed by atoms with Gasteiger partial charge < -0.3 is 10.0 Å². The van der Waals surface area contributed by atoms with Crippen LogP contribution in [0.1, 0.15) is 13.8 Å². The first-order chi connectivity index (χ1) is 9.02. The van der Waals surface area contributed by atoms with E-state index in [2.05, 4.69) is 0 Å². The van der Waals surface area contributed by atoms with Crippen LogP contribution in [-0.2, 0) is 9.59 Å². The Labute approximate surface area is 116 Å². The number of benzene rings is 1. The van der Waals surface area contributed by atoms with Crippen LogP contribution in [0.2, 0.25) is 0 Å². The molecule has 0 radical (unpaired) electrons. The Balaban J connectivity index is 2.24. The molecule has 1 N–H and O–H groups in total. The highest BCUT2D eigenvalue weighted by molar-refractivity contribution is 7.99. The highest BCUT2D eigenvalue weighted by atomic mass is 32.2. The van der Waals surface area contributed by atoms with Gasteiger partial charge in [-0.2, -0.15) is 0 Å². The largest absolute Gasteiger partial charge is 0.481 e. The molecule has 2 atom stereocenters. The monoisotopic (exact) mass is 279 g/mol. The summed E-state index contributed by atoms with van der Waals surface area (Å²) in [4.78, 5) is 26.3. The predicted octanol–water partition coefficient (Wildman–Crippen LogP) is 2.48. The minimum atomic E-state index is -0.930. The number of aliphatic carboxylic acids is 1. The number of carboxylic acids is 1. The van der Waals surface area contributed by atoms with E-state index in [0.29, 0.717) is 6.54 Å². The molecule has 102 valence electrons. The van der Waals surface area contributed by atoms with Crippen molar-refractivity contribution in [3.05, 3.63) is 24.3 Å². The zero-order chi connectivity index (χ0) is 14.0. The van der Waals surface area contributed by atoms with Gasteiger partial charge in [0.15, 0.2) is 0 Å². The first-order valence-electron chi connectivity index (χ1n) is 6.28. The van der Waals surface area contributed by atoms with Gasteiger partial charge in [-0.3, -0.25) is 9.59 Å². The van der Waals surface area contributed by atoms with Gasteiger partial charge in [-0.1, -0.05) is 26.0 Å². The van der Waals surface area contributed by atoms with Crippen molar-refractivity contribution in [3.63, 3.8) is 0 Å². The standard InChI is InChI=1S/C14H17NO3S/c1-9(10(2)14(17)18)13(16)15-7-8-19-12-6-4-3-5-11(12)15/h3-6,9-10H,7-8H2,1-2H3,(H,17,18). The molecule has 0 saturated carbocycles. The molecule has 1 amide bonds. The van der Waals surface area contributed by atoms with E-state index in [1.807, 2.05) is 24.3 Å². The summed E-state index contributed by atoms with van der Waals surface area (Å²) in [6.45, 7) is 3.90. The lowest BCUT2D eigenvalue weighted by molar-refractivity contribution is -0.145. The number of nitrogens with zero attached hydrogens (tertiary/aromatic N) is 1. The van der Waals surface area contributed by atoms with Gasteiger partial charge in [-0.05, 0) is 12.1 Å². The van der Waals surface area contributed by atoms with Gasteiger partial charge in [0.05, 0.1) is 11.6 Å². The van der Waals surface area contributed by atoms with Crippen LogP contribution in [0.25, 0.3) is 0 Å². The van der Waals surface area contributed by atoms with Crippen LogP contribution in [0.3, 0.4) is 0 Å². The van der Waals surface area contributed by atoms with E-state index < -0.39 is 17.8 Å². The van der Waals surface area contributed by atoms with E-state index in [1.54, 1.807) is 30.5 Å². The second kappa shape index (κ2) is 5.65. The molecule has 0 fully saturated rings. The number of rotatable bonds is 3. The number of hydrogen-bond acceptors (Lipinski definition) is 3. The molecule has 0 aromatic heterocycles. The Morgan fingerprint density at radius 1 is 1.26 bits per heavy atom. The molecule has 4 nitrogen and oxygen atoms in total. The molecule has 2 rings (SSSR count). The number of carboxylic acid groups (broad SMARTS) is 1. The van der Waals surface area contributed by atoms with Crippen molar-refractivity contribution in [1.29, 1.82) is 0 Å². The highest BCUT2D eigenvalue weighted by Crippen LogP contribution is 2.35. The van der Waals surface area contributed by atoms with Crippen molar-refractivity contribution in [2.24, 2.45) is 11.8 Å². The summed E-state index contributed by atoms with van der Waals surface area (Å²) in [5.41, 5.74) is 0.896. The Morgan fingerprint density at radius 3 is 2.63 bits per heavy atom. The second-order valence-corrected chi connectivity index (χ2v) is 5.86. The van der Waals surface area contributed by atoms with Gasteiger partial charge in [0.25, 0.3) is 0 Å². The van der Waals surface area contributed by atoms with Crippen LogP contribution in [0.5, 0.6) is 0 Å². The molecule has 1 heterocycles. The first-order valence-corrected chi connectivity index (χ1v) is 7.27. The summed E-state index contributed by atoms with van der Waals surface area (Å²) in [7, 11) is 0. The fourth-order valence-corrected chi connectivity index (χ4v) is 3.07. The fraction of sp³-hybridized carbons (Fsp3) is 0.429. The van der Waals surface area contributed by atoms with E-state index in [-0.39, 0.29) is 5.91 Å². The smallest absolute Gasteiger partial charge is 0.307 e. The number of carbonyl (C=O) groups is 2. The Kier molecular flexibility index (Phi) is 4.14. The molecule has 1 aliphatic rings. The molecule has 0 aliphatic carbocycles. The van der Waals surface area contributed by atoms with Gasteiger partial charge in [0.2, 0.25) is 5.91 Å². The summed E-state index contributed by atoms with van der Waals surface area (Å²) >= 11 is 1.73. The van der Waals surface area contributed by atoms with Crippen LogP contribution in [0, 0.1) is 11.8 Å². The minimum absolute atomic E-state index is 0.109. The second-order valence-electron chi connectivity index (χ2n) is 4.72. The summed E-state index contributed by atoms with van der Waals surface area (Å²) in [6.07, 6.45) is 0. The maximum Gasteiger partial charge on any atom is 0.307 e. The topological polar surface area (TPSA) is 57.6 Å². The molecule has 2 unspecified atom stereocenters. The molecule has 19 heavy (non-hydrogen) atoms. The van der Waals surface area contributed by atoms with Gasteiger partial charge in [0, 0.05) is 23.1 Å². The highest BCUT2D eigenvalue weighted by Gasteiger charge is 2.32. The minimum Gasteiger partial charge on any atom is -0.481 e.